The Bertz CT molecular complexity index is 622. The van der Waals surface area contributed by atoms with E-state index in [1.807, 2.05) is 12.1 Å². The van der Waals surface area contributed by atoms with Gasteiger partial charge in [0.25, 0.3) is 0 Å². The summed E-state index contributed by atoms with van der Waals surface area (Å²) in [7, 11) is 0. The van der Waals surface area contributed by atoms with Crippen molar-refractivity contribution in [2.24, 2.45) is 0 Å². The molecule has 3 aromatic rings. The summed E-state index contributed by atoms with van der Waals surface area (Å²) in [6.45, 7) is 0. The molecule has 0 aliphatic rings. The standard InChI is InChI=1S/C12H7N4/c1-3-9-4-5-10(16-11(9)13-6-1)12-14-7-2-8-15-12/h1-2,4-8H. The molecule has 0 saturated carbocycles. The molecule has 0 fully saturated rings. The summed E-state index contributed by atoms with van der Waals surface area (Å²) in [6, 6.07) is 10.4. The van der Waals surface area contributed by atoms with Crippen molar-refractivity contribution in [1.82, 2.24) is 19.9 Å². The third-order valence-corrected chi connectivity index (χ3v) is 2.18. The van der Waals surface area contributed by atoms with Crippen LogP contribution in [0.15, 0.2) is 42.9 Å². The van der Waals surface area contributed by atoms with Crippen LogP contribution in [0.2, 0.25) is 0 Å². The second-order valence-corrected chi connectivity index (χ2v) is 3.23. The van der Waals surface area contributed by atoms with Crippen LogP contribution in [0, 0.1) is 6.07 Å². The number of nitrogens with zero attached hydrogens (tertiary/aromatic N) is 4. The fraction of sp³-hybridized carbons (Fsp3) is 0. The summed E-state index contributed by atoms with van der Waals surface area (Å²) in [5.74, 6) is 0.607. The molecule has 3 heterocycles. The maximum atomic E-state index is 4.38. The smallest absolute Gasteiger partial charge is 0.178 e. The van der Waals surface area contributed by atoms with Crippen LogP contribution in [-0.2, 0) is 0 Å². The van der Waals surface area contributed by atoms with Gasteiger partial charge in [0.15, 0.2) is 11.5 Å². The molecular formula is C12H7N4. The molecule has 3 aromatic heterocycles. The van der Waals surface area contributed by atoms with E-state index in [2.05, 4.69) is 26.0 Å². The zero-order valence-corrected chi connectivity index (χ0v) is 8.33. The molecule has 3 rings (SSSR count). The van der Waals surface area contributed by atoms with Crippen molar-refractivity contribution in [3.63, 3.8) is 0 Å². The molecule has 0 bridgehead atoms. The van der Waals surface area contributed by atoms with Crippen LogP contribution in [-0.4, -0.2) is 19.9 Å². The maximum absolute atomic E-state index is 4.38. The van der Waals surface area contributed by atoms with Gasteiger partial charge in [-0.15, -0.1) is 0 Å². The molecule has 4 heteroatoms. The number of fused-ring (bicyclic) bond motifs is 1. The Morgan fingerprint density at radius 2 is 1.81 bits per heavy atom. The van der Waals surface area contributed by atoms with Crippen LogP contribution in [0.25, 0.3) is 22.6 Å². The van der Waals surface area contributed by atoms with Gasteiger partial charge < -0.3 is 0 Å². The molecule has 0 saturated heterocycles. The molecular weight excluding hydrogens is 200 g/mol. The molecule has 0 unspecified atom stereocenters. The average Bonchev–Trinajstić information content (AvgIpc) is 2.39. The summed E-state index contributed by atoms with van der Waals surface area (Å²) in [4.78, 5) is 16.8. The zero-order valence-electron chi connectivity index (χ0n) is 8.33. The van der Waals surface area contributed by atoms with E-state index >= 15 is 0 Å². The molecule has 16 heavy (non-hydrogen) atoms. The number of hydrogen-bond acceptors (Lipinski definition) is 4. The van der Waals surface area contributed by atoms with Crippen LogP contribution in [0.3, 0.4) is 0 Å². The lowest BCUT2D eigenvalue weighted by atomic mass is 10.2. The van der Waals surface area contributed by atoms with E-state index < -0.39 is 0 Å². The van der Waals surface area contributed by atoms with Crippen molar-refractivity contribution in [3.05, 3.63) is 48.9 Å². The zero-order chi connectivity index (χ0) is 10.8. The van der Waals surface area contributed by atoms with Crippen LogP contribution >= 0.6 is 0 Å². The Morgan fingerprint density at radius 3 is 2.69 bits per heavy atom. The van der Waals surface area contributed by atoms with E-state index in [0.717, 1.165) is 11.1 Å². The molecule has 0 aliphatic heterocycles. The van der Waals surface area contributed by atoms with E-state index in [0.29, 0.717) is 11.5 Å². The van der Waals surface area contributed by atoms with Crippen molar-refractivity contribution in [3.8, 4) is 11.5 Å². The third kappa shape index (κ3) is 1.50. The predicted octanol–water partition coefficient (Wildman–Crippen LogP) is 1.89. The highest BCUT2D eigenvalue weighted by atomic mass is 14.9. The van der Waals surface area contributed by atoms with Crippen LogP contribution in [0.1, 0.15) is 0 Å². The number of rotatable bonds is 1. The highest BCUT2D eigenvalue weighted by molar-refractivity contribution is 5.76. The van der Waals surface area contributed by atoms with E-state index in [9.17, 15) is 0 Å². The Kier molecular flexibility index (Phi) is 2.04. The van der Waals surface area contributed by atoms with Gasteiger partial charge in [-0.2, -0.15) is 0 Å². The van der Waals surface area contributed by atoms with E-state index in [-0.39, 0.29) is 0 Å². The normalized spacial score (nSPS) is 10.5. The van der Waals surface area contributed by atoms with Crippen LogP contribution in [0.4, 0.5) is 0 Å². The lowest BCUT2D eigenvalue weighted by Crippen LogP contribution is -1.91. The molecule has 4 nitrogen and oxygen atoms in total. The molecule has 0 spiro atoms. The number of aromatic nitrogens is 4. The second kappa shape index (κ2) is 3.66. The predicted molar refractivity (Wildman–Crippen MR) is 59.4 cm³/mol. The highest BCUT2D eigenvalue weighted by Crippen LogP contribution is 2.15. The number of hydrogen-bond donors (Lipinski definition) is 0. The quantitative estimate of drug-likeness (QED) is 0.611. The number of pyridine rings is 2. The van der Waals surface area contributed by atoms with Gasteiger partial charge in [-0.3, -0.25) is 0 Å². The summed E-state index contributed by atoms with van der Waals surface area (Å²) in [5, 5.41) is 0.891. The van der Waals surface area contributed by atoms with Gasteiger partial charge in [0, 0.05) is 24.0 Å². The van der Waals surface area contributed by atoms with E-state index in [4.69, 9.17) is 0 Å². The Morgan fingerprint density at radius 1 is 0.938 bits per heavy atom. The maximum Gasteiger partial charge on any atom is 0.178 e. The van der Waals surface area contributed by atoms with Gasteiger partial charge >= 0.3 is 0 Å². The van der Waals surface area contributed by atoms with Crippen molar-refractivity contribution in [2.45, 2.75) is 0 Å². The third-order valence-electron chi connectivity index (χ3n) is 2.18. The van der Waals surface area contributed by atoms with Gasteiger partial charge in [0.2, 0.25) is 0 Å². The first-order chi connectivity index (χ1) is 7.93. The van der Waals surface area contributed by atoms with Crippen LogP contribution in [0.5, 0.6) is 0 Å². The first kappa shape index (κ1) is 8.91. The van der Waals surface area contributed by atoms with Crippen LogP contribution < -0.4 is 0 Å². The molecule has 1 radical (unpaired) electrons. The van der Waals surface area contributed by atoms with Gasteiger partial charge in [-0.25, -0.2) is 19.9 Å². The van der Waals surface area contributed by atoms with E-state index in [1.54, 1.807) is 30.7 Å². The summed E-state index contributed by atoms with van der Waals surface area (Å²) in [5.41, 5.74) is 1.38. The Hall–Kier alpha value is -2.36. The molecule has 0 atom stereocenters. The largest absolute Gasteiger partial charge is 0.237 e. The minimum Gasteiger partial charge on any atom is -0.237 e. The highest BCUT2D eigenvalue weighted by Gasteiger charge is 2.03. The molecule has 0 aliphatic carbocycles. The SMILES string of the molecule is [c]1ccnc2nc(-c3ncccn3)ccc12. The molecule has 0 amide bonds. The summed E-state index contributed by atoms with van der Waals surface area (Å²) >= 11 is 0. The molecule has 0 aromatic carbocycles. The monoisotopic (exact) mass is 207 g/mol. The first-order valence-corrected chi connectivity index (χ1v) is 4.84. The fourth-order valence-corrected chi connectivity index (χ4v) is 1.45. The van der Waals surface area contributed by atoms with Crippen molar-refractivity contribution >= 4 is 11.0 Å². The lowest BCUT2D eigenvalue weighted by molar-refractivity contribution is 1.14. The average molecular weight is 207 g/mol. The minimum atomic E-state index is 0.607. The lowest BCUT2D eigenvalue weighted by Gasteiger charge is -1.99. The Labute approximate surface area is 92.0 Å². The van der Waals surface area contributed by atoms with Gasteiger partial charge in [0.05, 0.1) is 0 Å². The Balaban J connectivity index is 2.19. The van der Waals surface area contributed by atoms with Gasteiger partial charge in [0.1, 0.15) is 5.69 Å². The van der Waals surface area contributed by atoms with Crippen molar-refractivity contribution in [1.29, 1.82) is 0 Å². The molecule has 0 N–H and O–H groups in total. The summed E-state index contributed by atoms with van der Waals surface area (Å²) < 4.78 is 0. The second-order valence-electron chi connectivity index (χ2n) is 3.23. The molecule has 75 valence electrons. The van der Waals surface area contributed by atoms with Gasteiger partial charge in [-0.1, -0.05) is 0 Å². The first-order valence-electron chi connectivity index (χ1n) is 4.84. The van der Waals surface area contributed by atoms with Crippen molar-refractivity contribution < 1.29 is 0 Å². The van der Waals surface area contributed by atoms with Crippen molar-refractivity contribution in [2.75, 3.05) is 0 Å². The minimum absolute atomic E-state index is 0.607. The van der Waals surface area contributed by atoms with Gasteiger partial charge in [-0.05, 0) is 30.3 Å². The topological polar surface area (TPSA) is 51.6 Å². The fourth-order valence-electron chi connectivity index (χ4n) is 1.45. The summed E-state index contributed by atoms with van der Waals surface area (Å²) in [6.07, 6.45) is 5.06. The van der Waals surface area contributed by atoms with E-state index in [1.165, 1.54) is 0 Å².